The molecule has 6 nitrogen and oxygen atoms in total. The highest BCUT2D eigenvalue weighted by Gasteiger charge is 2.31. The quantitative estimate of drug-likeness (QED) is 0.211. The minimum atomic E-state index is -0.941. The number of hydrogen-bond donors (Lipinski definition) is 2. The topological polar surface area (TPSA) is 96.7 Å². The number of ether oxygens (including phenoxy) is 1. The van der Waals surface area contributed by atoms with E-state index >= 15 is 0 Å². The van der Waals surface area contributed by atoms with Crippen LogP contribution in [-0.4, -0.2) is 32.9 Å². The van der Waals surface area contributed by atoms with Crippen molar-refractivity contribution in [3.63, 3.8) is 0 Å². The molecule has 0 aliphatic heterocycles. The number of halogens is 1. The van der Waals surface area contributed by atoms with Crippen molar-refractivity contribution in [2.75, 3.05) is 5.75 Å². The Morgan fingerprint density at radius 1 is 1.03 bits per heavy atom. The first-order valence-electron chi connectivity index (χ1n) is 12.8. The number of carbonyl (C=O) groups is 2. The minimum absolute atomic E-state index is 0.0751. The first-order chi connectivity index (χ1) is 18.9. The maximum atomic E-state index is 11.5. The molecule has 0 spiro atoms. The summed E-state index contributed by atoms with van der Waals surface area (Å²) in [7, 11) is 0. The third-order valence-electron chi connectivity index (χ3n) is 7.02. The van der Waals surface area contributed by atoms with Crippen LogP contribution < -0.4 is 4.74 Å². The van der Waals surface area contributed by atoms with Crippen molar-refractivity contribution >= 4 is 46.2 Å². The van der Waals surface area contributed by atoms with E-state index in [1.54, 1.807) is 30.0 Å². The van der Waals surface area contributed by atoms with Gasteiger partial charge in [0.1, 0.15) is 12.4 Å². The lowest BCUT2D eigenvalue weighted by Crippen LogP contribution is -2.21. The number of aromatic nitrogens is 1. The van der Waals surface area contributed by atoms with Crippen LogP contribution in [0.15, 0.2) is 72.8 Å². The fourth-order valence-corrected chi connectivity index (χ4v) is 6.73. The summed E-state index contributed by atoms with van der Waals surface area (Å²) >= 11 is 7.79. The molecule has 0 radical (unpaired) electrons. The van der Waals surface area contributed by atoms with E-state index in [-0.39, 0.29) is 23.2 Å². The van der Waals surface area contributed by atoms with Gasteiger partial charge in [-0.3, -0.25) is 4.79 Å². The Hall–Kier alpha value is -3.55. The van der Waals surface area contributed by atoms with Crippen LogP contribution in [0.1, 0.15) is 50.8 Å². The zero-order valence-corrected chi connectivity index (χ0v) is 22.8. The summed E-state index contributed by atoms with van der Waals surface area (Å²) in [5.41, 5.74) is 5.27. The molecule has 2 atom stereocenters. The molecular formula is C31H28ClNO5S. The largest absolute Gasteiger partial charge is 0.487 e. The molecule has 0 bridgehead atoms. The Bertz CT molecular complexity index is 1520. The van der Waals surface area contributed by atoms with Gasteiger partial charge in [0, 0.05) is 21.4 Å². The first kappa shape index (κ1) is 27.0. The van der Waals surface area contributed by atoms with E-state index in [2.05, 4.69) is 17.1 Å². The number of fused-ring (bicyclic) bond motifs is 2. The molecule has 2 unspecified atom stereocenters. The summed E-state index contributed by atoms with van der Waals surface area (Å²) in [4.78, 5) is 27.4. The van der Waals surface area contributed by atoms with Gasteiger partial charge in [-0.1, -0.05) is 41.9 Å². The van der Waals surface area contributed by atoms with Gasteiger partial charge in [0.25, 0.3) is 0 Å². The van der Waals surface area contributed by atoms with Crippen LogP contribution >= 0.6 is 23.4 Å². The smallest absolute Gasteiger partial charge is 0.335 e. The summed E-state index contributed by atoms with van der Waals surface area (Å²) in [6.45, 7) is 0.309. The molecule has 39 heavy (non-hydrogen) atoms. The predicted molar refractivity (Wildman–Crippen MR) is 154 cm³/mol. The number of benzene rings is 3. The van der Waals surface area contributed by atoms with Crippen molar-refractivity contribution in [1.29, 1.82) is 0 Å². The molecular weight excluding hydrogens is 534 g/mol. The SMILES string of the molecule is O=C(O)CCSC1c2cc(OCc3ccc4ccc(Cl)cc4n3)ccc2CCC1Cc1cccc(C(=O)O)c1. The molecule has 1 aliphatic rings. The summed E-state index contributed by atoms with van der Waals surface area (Å²) in [6.07, 6.45) is 2.66. The summed E-state index contributed by atoms with van der Waals surface area (Å²) in [6, 6.07) is 22.8. The number of aryl methyl sites for hydroxylation is 1. The molecule has 0 fully saturated rings. The van der Waals surface area contributed by atoms with Gasteiger partial charge in [-0.15, -0.1) is 0 Å². The third kappa shape index (κ3) is 6.72. The average Bonchev–Trinajstić information content (AvgIpc) is 2.92. The predicted octanol–water partition coefficient (Wildman–Crippen LogP) is 7.22. The molecule has 0 saturated carbocycles. The lowest BCUT2D eigenvalue weighted by molar-refractivity contribution is -0.136. The summed E-state index contributed by atoms with van der Waals surface area (Å²) < 4.78 is 6.16. The van der Waals surface area contributed by atoms with Crippen molar-refractivity contribution in [3.8, 4) is 5.75 Å². The van der Waals surface area contributed by atoms with E-state index in [1.807, 2.05) is 42.5 Å². The molecule has 3 aromatic carbocycles. The van der Waals surface area contributed by atoms with Crippen molar-refractivity contribution < 1.29 is 24.5 Å². The zero-order chi connectivity index (χ0) is 27.4. The standard InChI is InChI=1S/C31H28ClNO5S/c32-24-9-6-21-7-10-25(33-28(21)16-24)18-38-26-11-8-20-4-5-22(14-19-2-1-3-23(15-19)31(36)37)30(27(20)17-26)39-13-12-29(34)35/h1-3,6-11,15-17,22,30H,4-5,12-14,18H2,(H,34,35)(H,36,37). The first-order valence-corrected chi connectivity index (χ1v) is 14.2. The molecule has 1 aliphatic carbocycles. The van der Waals surface area contributed by atoms with Crippen LogP contribution in [0.4, 0.5) is 0 Å². The lowest BCUT2D eigenvalue weighted by atomic mass is 9.80. The van der Waals surface area contributed by atoms with Gasteiger partial charge in [0.15, 0.2) is 0 Å². The Kier molecular flexibility index (Phi) is 8.38. The Labute approximate surface area is 236 Å². The minimum Gasteiger partial charge on any atom is -0.487 e. The van der Waals surface area contributed by atoms with E-state index in [4.69, 9.17) is 16.3 Å². The fourth-order valence-electron chi connectivity index (χ4n) is 5.11. The molecule has 4 aromatic rings. The van der Waals surface area contributed by atoms with Crippen molar-refractivity contribution in [3.05, 3.63) is 106 Å². The Balaban J connectivity index is 1.36. The lowest BCUT2D eigenvalue weighted by Gasteiger charge is -2.34. The Morgan fingerprint density at radius 3 is 2.69 bits per heavy atom. The van der Waals surface area contributed by atoms with E-state index in [9.17, 15) is 19.8 Å². The number of hydrogen-bond acceptors (Lipinski definition) is 5. The number of aliphatic carboxylic acids is 1. The van der Waals surface area contributed by atoms with Crippen molar-refractivity contribution in [1.82, 2.24) is 4.98 Å². The molecule has 0 amide bonds. The van der Waals surface area contributed by atoms with Crippen LogP contribution in [0.2, 0.25) is 5.02 Å². The van der Waals surface area contributed by atoms with Crippen LogP contribution in [0, 0.1) is 5.92 Å². The highest BCUT2D eigenvalue weighted by Crippen LogP contribution is 2.46. The number of nitrogens with zero attached hydrogens (tertiary/aromatic N) is 1. The molecule has 2 N–H and O–H groups in total. The van der Waals surface area contributed by atoms with Gasteiger partial charge in [-0.05, 0) is 84.3 Å². The van der Waals surface area contributed by atoms with E-state index in [1.165, 1.54) is 5.56 Å². The third-order valence-corrected chi connectivity index (χ3v) is 8.69. The highest BCUT2D eigenvalue weighted by molar-refractivity contribution is 7.99. The number of pyridine rings is 1. The van der Waals surface area contributed by atoms with E-state index in [0.717, 1.165) is 52.7 Å². The normalized spacial score (nSPS) is 16.5. The van der Waals surface area contributed by atoms with Crippen LogP contribution in [0.5, 0.6) is 5.75 Å². The van der Waals surface area contributed by atoms with Crippen LogP contribution in [-0.2, 0) is 24.2 Å². The summed E-state index contributed by atoms with van der Waals surface area (Å²) in [5, 5.41) is 20.4. The molecule has 1 heterocycles. The van der Waals surface area contributed by atoms with Crippen molar-refractivity contribution in [2.45, 2.75) is 37.5 Å². The second-order valence-corrected chi connectivity index (χ2v) is 11.4. The second kappa shape index (κ2) is 12.1. The maximum Gasteiger partial charge on any atom is 0.335 e. The highest BCUT2D eigenvalue weighted by atomic mass is 35.5. The maximum absolute atomic E-state index is 11.5. The van der Waals surface area contributed by atoms with Crippen LogP contribution in [0.25, 0.3) is 10.9 Å². The molecule has 5 rings (SSSR count). The van der Waals surface area contributed by atoms with Gasteiger partial charge in [0.05, 0.1) is 23.2 Å². The monoisotopic (exact) mass is 561 g/mol. The zero-order valence-electron chi connectivity index (χ0n) is 21.2. The van der Waals surface area contributed by atoms with Gasteiger partial charge in [-0.25, -0.2) is 9.78 Å². The fraction of sp³-hybridized carbons (Fsp3) is 0.258. The van der Waals surface area contributed by atoms with Crippen molar-refractivity contribution in [2.24, 2.45) is 5.92 Å². The second-order valence-electron chi connectivity index (χ2n) is 9.73. The Morgan fingerprint density at radius 2 is 1.87 bits per heavy atom. The number of thioether (sulfide) groups is 1. The van der Waals surface area contributed by atoms with Gasteiger partial charge in [-0.2, -0.15) is 11.8 Å². The number of rotatable bonds is 10. The molecule has 200 valence electrons. The average molecular weight is 562 g/mol. The summed E-state index contributed by atoms with van der Waals surface area (Å²) in [5.74, 6) is -0.282. The van der Waals surface area contributed by atoms with Crippen LogP contribution in [0.3, 0.4) is 0 Å². The van der Waals surface area contributed by atoms with E-state index < -0.39 is 11.9 Å². The number of carboxylic acids is 2. The molecule has 8 heteroatoms. The van der Waals surface area contributed by atoms with Gasteiger partial charge < -0.3 is 14.9 Å². The van der Waals surface area contributed by atoms with E-state index in [0.29, 0.717) is 17.4 Å². The van der Waals surface area contributed by atoms with Gasteiger partial charge in [0.2, 0.25) is 0 Å². The molecule has 1 aromatic heterocycles. The number of aromatic carboxylic acids is 1. The number of carboxylic acid groups (broad SMARTS) is 2. The molecule has 0 saturated heterocycles. The van der Waals surface area contributed by atoms with Gasteiger partial charge >= 0.3 is 11.9 Å².